The number of likely N-dealkylation sites (tertiary alicyclic amines) is 1. The van der Waals surface area contributed by atoms with Crippen LogP contribution in [0, 0.1) is 5.92 Å². The van der Waals surface area contributed by atoms with E-state index in [0.717, 1.165) is 32.5 Å². The van der Waals surface area contributed by atoms with Crippen molar-refractivity contribution in [2.24, 2.45) is 5.92 Å². The molecule has 0 radical (unpaired) electrons. The Hall–Kier alpha value is -2.39. The van der Waals surface area contributed by atoms with E-state index in [2.05, 4.69) is 30.8 Å². The maximum Gasteiger partial charge on any atom is 0.223 e. The Morgan fingerprint density at radius 1 is 1.04 bits per heavy atom. The van der Waals surface area contributed by atoms with Crippen LogP contribution in [0.5, 0.6) is 0 Å². The number of amides is 1. The average molecular weight is 364 g/mol. The van der Waals surface area contributed by atoms with Crippen LogP contribution in [-0.4, -0.2) is 37.1 Å². The molecule has 142 valence electrons. The van der Waals surface area contributed by atoms with Crippen molar-refractivity contribution in [1.82, 2.24) is 4.90 Å². The number of carbonyl (C=O) groups excluding carboxylic acids is 1. The molecule has 1 amide bonds. The summed E-state index contributed by atoms with van der Waals surface area (Å²) in [5.74, 6) is 0.903. The summed E-state index contributed by atoms with van der Waals surface area (Å²) in [4.78, 5) is 15.0. The standard InChI is InChI=1S/C24H29NO2/c1-2-17-27-19-20-13-15-25(16-14-20)24(26)18-23(21-9-5-3-6-10-21)22-11-7-4-8-12-22/h2-12,20,23H,1,13-19H2. The number of ether oxygens (including phenoxy) is 1. The van der Waals surface area contributed by atoms with E-state index in [9.17, 15) is 4.79 Å². The molecule has 3 nitrogen and oxygen atoms in total. The van der Waals surface area contributed by atoms with Crippen molar-refractivity contribution >= 4 is 5.91 Å². The summed E-state index contributed by atoms with van der Waals surface area (Å²) >= 11 is 0. The second-order valence-corrected chi connectivity index (χ2v) is 7.23. The van der Waals surface area contributed by atoms with Crippen LogP contribution in [-0.2, 0) is 9.53 Å². The van der Waals surface area contributed by atoms with E-state index in [1.54, 1.807) is 6.08 Å². The van der Waals surface area contributed by atoms with Crippen molar-refractivity contribution in [2.45, 2.75) is 25.2 Å². The highest BCUT2D eigenvalue weighted by Gasteiger charge is 2.26. The summed E-state index contributed by atoms with van der Waals surface area (Å²) in [6, 6.07) is 20.7. The smallest absolute Gasteiger partial charge is 0.223 e. The molecule has 0 spiro atoms. The quantitative estimate of drug-likeness (QED) is 0.505. The molecule has 2 aromatic rings. The maximum absolute atomic E-state index is 13.0. The third-order valence-corrected chi connectivity index (χ3v) is 5.34. The van der Waals surface area contributed by atoms with Gasteiger partial charge < -0.3 is 9.64 Å². The highest BCUT2D eigenvalue weighted by molar-refractivity contribution is 5.78. The fourth-order valence-electron chi connectivity index (χ4n) is 3.77. The summed E-state index contributed by atoms with van der Waals surface area (Å²) in [5.41, 5.74) is 2.40. The minimum atomic E-state index is 0.105. The Bertz CT molecular complexity index is 666. The van der Waals surface area contributed by atoms with E-state index >= 15 is 0 Å². The molecular formula is C24H29NO2. The summed E-state index contributed by atoms with van der Waals surface area (Å²) < 4.78 is 5.58. The highest BCUT2D eigenvalue weighted by Crippen LogP contribution is 2.29. The van der Waals surface area contributed by atoms with Gasteiger partial charge in [-0.25, -0.2) is 0 Å². The third kappa shape index (κ3) is 5.54. The molecule has 3 rings (SSSR count). The first-order chi connectivity index (χ1) is 13.3. The van der Waals surface area contributed by atoms with E-state index in [1.807, 2.05) is 41.3 Å². The topological polar surface area (TPSA) is 29.5 Å². The molecule has 0 saturated carbocycles. The molecule has 1 saturated heterocycles. The van der Waals surface area contributed by atoms with Gasteiger partial charge >= 0.3 is 0 Å². The number of hydrogen-bond acceptors (Lipinski definition) is 2. The zero-order valence-corrected chi connectivity index (χ0v) is 15.9. The van der Waals surface area contributed by atoms with Crippen LogP contribution in [0.15, 0.2) is 73.3 Å². The fraction of sp³-hybridized carbons (Fsp3) is 0.375. The zero-order chi connectivity index (χ0) is 18.9. The van der Waals surface area contributed by atoms with Crippen LogP contribution in [0.2, 0.25) is 0 Å². The van der Waals surface area contributed by atoms with Gasteiger partial charge in [-0.05, 0) is 29.9 Å². The van der Waals surface area contributed by atoms with Crippen molar-refractivity contribution in [3.05, 3.63) is 84.4 Å². The van der Waals surface area contributed by atoms with Crippen LogP contribution in [0.3, 0.4) is 0 Å². The number of rotatable bonds is 8. The number of carbonyl (C=O) groups is 1. The fourth-order valence-corrected chi connectivity index (χ4v) is 3.77. The van der Waals surface area contributed by atoms with Crippen molar-refractivity contribution < 1.29 is 9.53 Å². The maximum atomic E-state index is 13.0. The lowest BCUT2D eigenvalue weighted by Crippen LogP contribution is -2.40. The minimum absolute atomic E-state index is 0.105. The average Bonchev–Trinajstić information content (AvgIpc) is 2.74. The third-order valence-electron chi connectivity index (χ3n) is 5.34. The molecule has 0 atom stereocenters. The molecule has 1 fully saturated rings. The molecule has 0 aliphatic carbocycles. The van der Waals surface area contributed by atoms with Gasteiger partial charge in [0.1, 0.15) is 0 Å². The molecule has 0 unspecified atom stereocenters. The van der Waals surface area contributed by atoms with Crippen molar-refractivity contribution in [1.29, 1.82) is 0 Å². The van der Waals surface area contributed by atoms with Gasteiger partial charge in [-0.1, -0.05) is 66.7 Å². The Labute approximate surface area is 162 Å². The molecule has 0 aromatic heterocycles. The summed E-state index contributed by atoms with van der Waals surface area (Å²) in [5, 5.41) is 0. The normalized spacial score (nSPS) is 15.1. The number of benzene rings is 2. The minimum Gasteiger partial charge on any atom is -0.377 e. The van der Waals surface area contributed by atoms with Crippen molar-refractivity contribution in [3.8, 4) is 0 Å². The van der Waals surface area contributed by atoms with Gasteiger partial charge in [0.15, 0.2) is 0 Å². The molecule has 2 aromatic carbocycles. The van der Waals surface area contributed by atoms with Gasteiger partial charge in [-0.2, -0.15) is 0 Å². The van der Waals surface area contributed by atoms with Crippen LogP contribution in [0.25, 0.3) is 0 Å². The molecule has 0 bridgehead atoms. The number of hydrogen-bond donors (Lipinski definition) is 0. The molecule has 1 aliphatic rings. The summed E-state index contributed by atoms with van der Waals surface area (Å²) in [6.07, 6.45) is 4.34. The van der Waals surface area contributed by atoms with Crippen molar-refractivity contribution in [2.75, 3.05) is 26.3 Å². The predicted octanol–water partition coefficient (Wildman–Crippen LogP) is 4.65. The van der Waals surface area contributed by atoms with E-state index in [0.29, 0.717) is 18.9 Å². The van der Waals surface area contributed by atoms with Gasteiger partial charge in [-0.15, -0.1) is 6.58 Å². The lowest BCUT2D eigenvalue weighted by molar-refractivity contribution is -0.133. The van der Waals surface area contributed by atoms with Crippen LogP contribution in [0.4, 0.5) is 0 Å². The van der Waals surface area contributed by atoms with Gasteiger partial charge in [0, 0.05) is 32.0 Å². The van der Waals surface area contributed by atoms with Gasteiger partial charge in [0.05, 0.1) is 6.61 Å². The van der Waals surface area contributed by atoms with Crippen molar-refractivity contribution in [3.63, 3.8) is 0 Å². The predicted molar refractivity (Wildman–Crippen MR) is 110 cm³/mol. The number of nitrogens with zero attached hydrogens (tertiary/aromatic N) is 1. The van der Waals surface area contributed by atoms with Crippen LogP contribution < -0.4 is 0 Å². The molecule has 3 heteroatoms. The zero-order valence-electron chi connectivity index (χ0n) is 15.9. The van der Waals surface area contributed by atoms with E-state index in [4.69, 9.17) is 4.74 Å². The monoisotopic (exact) mass is 363 g/mol. The van der Waals surface area contributed by atoms with Gasteiger partial charge in [0.2, 0.25) is 5.91 Å². The molecule has 1 aliphatic heterocycles. The van der Waals surface area contributed by atoms with E-state index in [1.165, 1.54) is 11.1 Å². The number of piperidine rings is 1. The van der Waals surface area contributed by atoms with E-state index in [-0.39, 0.29) is 11.8 Å². The molecule has 0 N–H and O–H groups in total. The second kappa shape index (κ2) is 10.1. The largest absolute Gasteiger partial charge is 0.377 e. The first kappa shape index (κ1) is 19.4. The molecule has 27 heavy (non-hydrogen) atoms. The molecular weight excluding hydrogens is 334 g/mol. The first-order valence-electron chi connectivity index (χ1n) is 9.84. The second-order valence-electron chi connectivity index (χ2n) is 7.23. The van der Waals surface area contributed by atoms with Gasteiger partial charge in [0.25, 0.3) is 0 Å². The summed E-state index contributed by atoms with van der Waals surface area (Å²) in [6.45, 7) is 6.71. The Balaban J connectivity index is 1.61. The summed E-state index contributed by atoms with van der Waals surface area (Å²) in [7, 11) is 0. The first-order valence-corrected chi connectivity index (χ1v) is 9.84. The van der Waals surface area contributed by atoms with Crippen LogP contribution in [0.1, 0.15) is 36.3 Å². The lowest BCUT2D eigenvalue weighted by atomic mass is 9.87. The van der Waals surface area contributed by atoms with Gasteiger partial charge in [-0.3, -0.25) is 4.79 Å². The van der Waals surface area contributed by atoms with E-state index < -0.39 is 0 Å². The highest BCUT2D eigenvalue weighted by atomic mass is 16.5. The Morgan fingerprint density at radius 2 is 1.59 bits per heavy atom. The van der Waals surface area contributed by atoms with Crippen LogP contribution >= 0.6 is 0 Å². The molecule has 1 heterocycles. The lowest BCUT2D eigenvalue weighted by Gasteiger charge is -2.33. The Morgan fingerprint density at radius 3 is 2.11 bits per heavy atom. The Kier molecular flexibility index (Phi) is 7.23. The SMILES string of the molecule is C=CCOCC1CCN(C(=O)CC(c2ccccc2)c2ccccc2)CC1.